The second-order valence-electron chi connectivity index (χ2n) is 8.95. The number of methoxy groups -OCH3 is 1. The molecule has 0 N–H and O–H groups in total. The average Bonchev–Trinajstić information content (AvgIpc) is 3.40. The summed E-state index contributed by atoms with van der Waals surface area (Å²) in [6, 6.07) is 14.3. The molecule has 0 atom stereocenters. The molecule has 1 aliphatic rings. The van der Waals surface area contributed by atoms with Crippen LogP contribution in [0.4, 0.5) is 4.79 Å². The van der Waals surface area contributed by atoms with Gasteiger partial charge in [0.15, 0.2) is 16.6 Å². The van der Waals surface area contributed by atoms with E-state index in [4.69, 9.17) is 9.47 Å². The Morgan fingerprint density at radius 1 is 1.08 bits per heavy atom. The number of nitrogens with zero attached hydrogens (tertiary/aromatic N) is 5. The number of thiophene rings is 1. The first-order valence-electron chi connectivity index (χ1n) is 12.2. The van der Waals surface area contributed by atoms with Gasteiger partial charge in [-0.15, -0.1) is 0 Å². The summed E-state index contributed by atoms with van der Waals surface area (Å²) in [4.78, 5) is 36.0. The average molecular weight is 534 g/mol. The molecule has 4 heterocycles. The topological polar surface area (TPSA) is 109 Å². The van der Waals surface area contributed by atoms with Crippen LogP contribution in [0.15, 0.2) is 65.7 Å². The molecule has 0 spiro atoms. The molecule has 38 heavy (non-hydrogen) atoms. The molecule has 0 radical (unpaired) electrons. The fraction of sp³-hybridized carbons (Fsp3) is 0.296. The Labute approximate surface area is 223 Å². The lowest BCUT2D eigenvalue weighted by atomic mass is 10.1. The fourth-order valence-corrected chi connectivity index (χ4v) is 4.95. The van der Waals surface area contributed by atoms with E-state index in [9.17, 15) is 9.59 Å². The Kier molecular flexibility index (Phi) is 7.75. The predicted octanol–water partition coefficient (Wildman–Crippen LogP) is 4.10. The third kappa shape index (κ3) is 6.24. The first-order chi connectivity index (χ1) is 18.5. The second kappa shape index (κ2) is 11.5. The zero-order valence-corrected chi connectivity index (χ0v) is 21.9. The maximum Gasteiger partial charge on any atom is 0.514 e. The zero-order chi connectivity index (χ0) is 26.5. The van der Waals surface area contributed by atoms with Gasteiger partial charge in [0, 0.05) is 24.7 Å². The Morgan fingerprint density at radius 2 is 1.87 bits per heavy atom. The third-order valence-electron chi connectivity index (χ3n) is 6.17. The van der Waals surface area contributed by atoms with Gasteiger partial charge in [0.25, 0.3) is 5.56 Å². The number of benzene rings is 1. The van der Waals surface area contributed by atoms with E-state index in [0.29, 0.717) is 22.3 Å². The highest BCUT2D eigenvalue weighted by Crippen LogP contribution is 2.31. The molecule has 1 saturated heterocycles. The number of likely N-dealkylation sites (tertiary alicyclic amines) is 1. The van der Waals surface area contributed by atoms with Crippen LogP contribution in [0.25, 0.3) is 22.0 Å². The molecule has 5 rings (SSSR count). The summed E-state index contributed by atoms with van der Waals surface area (Å²) in [5.74, 6) is 1.24. The molecule has 4 aromatic rings. The second-order valence-corrected chi connectivity index (χ2v) is 10.00. The number of aromatic nitrogens is 4. The SMILES string of the molecule is COC(=O)Oc1ccc(-c2ccc(=O)n(Cc3cccc(-c4ncc(OC5CCN(C)CC5)cn4)c3)n2)s1. The number of carbonyl (C=O) groups is 1. The lowest BCUT2D eigenvalue weighted by molar-refractivity contribution is 0.113. The highest BCUT2D eigenvalue weighted by Gasteiger charge is 2.18. The highest BCUT2D eigenvalue weighted by atomic mass is 32.1. The van der Waals surface area contributed by atoms with Gasteiger partial charge in [-0.1, -0.05) is 29.5 Å². The molecule has 0 amide bonds. The van der Waals surface area contributed by atoms with Crippen molar-refractivity contribution in [3.63, 3.8) is 0 Å². The van der Waals surface area contributed by atoms with Crippen LogP contribution >= 0.6 is 11.3 Å². The van der Waals surface area contributed by atoms with E-state index in [1.54, 1.807) is 30.6 Å². The van der Waals surface area contributed by atoms with Gasteiger partial charge in [0.05, 0.1) is 30.9 Å². The van der Waals surface area contributed by atoms with Crippen LogP contribution in [0, 0.1) is 0 Å². The van der Waals surface area contributed by atoms with Gasteiger partial charge < -0.3 is 19.1 Å². The quantitative estimate of drug-likeness (QED) is 0.325. The number of rotatable bonds is 7. The number of hydrogen-bond donors (Lipinski definition) is 0. The third-order valence-corrected chi connectivity index (χ3v) is 7.15. The van der Waals surface area contributed by atoms with Crippen molar-refractivity contribution in [3.05, 3.63) is 76.8 Å². The van der Waals surface area contributed by atoms with Crippen molar-refractivity contribution in [2.24, 2.45) is 0 Å². The van der Waals surface area contributed by atoms with Crippen LogP contribution in [0.2, 0.25) is 0 Å². The van der Waals surface area contributed by atoms with E-state index in [1.165, 1.54) is 29.2 Å². The monoisotopic (exact) mass is 533 g/mol. The highest BCUT2D eigenvalue weighted by molar-refractivity contribution is 7.17. The number of piperidine rings is 1. The van der Waals surface area contributed by atoms with Gasteiger partial charge in [-0.3, -0.25) is 4.79 Å². The van der Waals surface area contributed by atoms with Crippen molar-refractivity contribution in [2.45, 2.75) is 25.5 Å². The van der Waals surface area contributed by atoms with Gasteiger partial charge in [-0.05, 0) is 49.7 Å². The molecule has 1 aromatic carbocycles. The summed E-state index contributed by atoms with van der Waals surface area (Å²) < 4.78 is 17.0. The lowest BCUT2D eigenvalue weighted by Gasteiger charge is -2.29. The summed E-state index contributed by atoms with van der Waals surface area (Å²) in [5.41, 5.74) is 2.08. The molecule has 1 fully saturated rings. The standard InChI is InChI=1S/C27H27N5O5S/c1-31-12-10-20(11-13-31)36-21-15-28-26(29-16-21)19-5-3-4-18(14-19)17-32-24(33)8-6-22(30-32)23-7-9-25(38-23)37-27(34)35-2/h3-9,14-16,20H,10-13,17H2,1-2H3. The number of carbonyl (C=O) groups excluding carboxylic acids is 1. The zero-order valence-electron chi connectivity index (χ0n) is 21.1. The molecule has 1 aliphatic heterocycles. The van der Waals surface area contributed by atoms with E-state index in [0.717, 1.165) is 41.9 Å². The van der Waals surface area contributed by atoms with Crippen LogP contribution in [-0.4, -0.2) is 64.2 Å². The molecular formula is C27H27N5O5S. The van der Waals surface area contributed by atoms with Crippen molar-refractivity contribution in [3.8, 4) is 32.8 Å². The van der Waals surface area contributed by atoms with E-state index >= 15 is 0 Å². The van der Waals surface area contributed by atoms with Crippen molar-refractivity contribution >= 4 is 17.5 Å². The Balaban J connectivity index is 1.29. The minimum Gasteiger partial charge on any atom is -0.487 e. The van der Waals surface area contributed by atoms with Gasteiger partial charge in [0.2, 0.25) is 0 Å². The summed E-state index contributed by atoms with van der Waals surface area (Å²) in [7, 11) is 3.37. The lowest BCUT2D eigenvalue weighted by Crippen LogP contribution is -2.35. The summed E-state index contributed by atoms with van der Waals surface area (Å²) in [6.45, 7) is 2.32. The van der Waals surface area contributed by atoms with E-state index < -0.39 is 6.16 Å². The first kappa shape index (κ1) is 25.6. The molecule has 0 bridgehead atoms. The molecule has 11 heteroatoms. The largest absolute Gasteiger partial charge is 0.514 e. The van der Waals surface area contributed by atoms with Crippen LogP contribution in [0.1, 0.15) is 18.4 Å². The van der Waals surface area contributed by atoms with E-state index in [1.807, 2.05) is 24.3 Å². The maximum absolute atomic E-state index is 12.5. The Hall–Kier alpha value is -4.09. The molecule has 10 nitrogen and oxygen atoms in total. The molecule has 0 unspecified atom stereocenters. The molecular weight excluding hydrogens is 506 g/mol. The van der Waals surface area contributed by atoms with E-state index in [2.05, 4.69) is 31.8 Å². The molecule has 196 valence electrons. The molecule has 3 aromatic heterocycles. The van der Waals surface area contributed by atoms with Gasteiger partial charge in [-0.25, -0.2) is 19.4 Å². The molecule has 0 aliphatic carbocycles. The van der Waals surface area contributed by atoms with Crippen molar-refractivity contribution in [2.75, 3.05) is 27.2 Å². The summed E-state index contributed by atoms with van der Waals surface area (Å²) in [6.07, 6.45) is 4.80. The van der Waals surface area contributed by atoms with E-state index in [-0.39, 0.29) is 18.2 Å². The van der Waals surface area contributed by atoms with Gasteiger partial charge >= 0.3 is 6.16 Å². The minimum atomic E-state index is -0.792. The smallest absolute Gasteiger partial charge is 0.487 e. The van der Waals surface area contributed by atoms with Crippen molar-refractivity contribution in [1.82, 2.24) is 24.6 Å². The van der Waals surface area contributed by atoms with Gasteiger partial charge in [-0.2, -0.15) is 5.10 Å². The summed E-state index contributed by atoms with van der Waals surface area (Å²) >= 11 is 1.23. The van der Waals surface area contributed by atoms with Crippen LogP contribution in [0.3, 0.4) is 0 Å². The van der Waals surface area contributed by atoms with Gasteiger partial charge in [0.1, 0.15) is 11.8 Å². The number of ether oxygens (including phenoxy) is 3. The maximum atomic E-state index is 12.5. The predicted molar refractivity (Wildman–Crippen MR) is 143 cm³/mol. The Morgan fingerprint density at radius 3 is 2.63 bits per heavy atom. The summed E-state index contributed by atoms with van der Waals surface area (Å²) in [5, 5.41) is 4.89. The first-order valence-corrected chi connectivity index (χ1v) is 13.0. The van der Waals surface area contributed by atoms with Crippen LogP contribution in [-0.2, 0) is 11.3 Å². The fourth-order valence-electron chi connectivity index (χ4n) is 4.13. The minimum absolute atomic E-state index is 0.187. The normalized spacial score (nSPS) is 14.3. The van der Waals surface area contributed by atoms with Crippen LogP contribution < -0.4 is 15.0 Å². The Bertz CT molecular complexity index is 1460. The van der Waals surface area contributed by atoms with Crippen LogP contribution in [0.5, 0.6) is 10.8 Å². The van der Waals surface area contributed by atoms with Crippen molar-refractivity contribution in [1.29, 1.82) is 0 Å². The number of hydrogen-bond acceptors (Lipinski definition) is 10. The van der Waals surface area contributed by atoms with Crippen molar-refractivity contribution < 1.29 is 19.0 Å². The molecule has 0 saturated carbocycles.